The molecule has 4 rings (SSSR count). The Morgan fingerprint density at radius 3 is 1.92 bits per heavy atom. The predicted octanol–water partition coefficient (Wildman–Crippen LogP) is 5.07. The van der Waals surface area contributed by atoms with Crippen LogP contribution in [0, 0.1) is 5.82 Å². The second-order valence-electron chi connectivity index (χ2n) is 7.88. The van der Waals surface area contributed by atoms with Crippen LogP contribution in [0.25, 0.3) is 11.3 Å². The molecular weight excluding hydrogens is 508 g/mol. The van der Waals surface area contributed by atoms with Gasteiger partial charge in [-0.1, -0.05) is 17.3 Å². The van der Waals surface area contributed by atoms with Crippen LogP contribution in [-0.2, 0) is 29.1 Å². The summed E-state index contributed by atoms with van der Waals surface area (Å²) in [5.74, 6) is -2.55. The molecule has 4 aromatic rings. The first kappa shape index (κ1) is 28.0. The molecule has 1 N–H and O–H groups in total. The zero-order valence-corrected chi connectivity index (χ0v) is 19.8. The molecule has 1 aromatic carbocycles. The molecule has 198 valence electrons. The van der Waals surface area contributed by atoms with E-state index < -0.39 is 12.1 Å². The van der Waals surface area contributed by atoms with Crippen molar-refractivity contribution in [2.45, 2.75) is 32.1 Å². The van der Waals surface area contributed by atoms with Crippen molar-refractivity contribution in [1.29, 1.82) is 0 Å². The molecule has 0 aliphatic rings. The topological polar surface area (TPSA) is 109 Å². The Morgan fingerprint density at radius 1 is 0.895 bits per heavy atom. The van der Waals surface area contributed by atoms with E-state index in [1.807, 2.05) is 36.4 Å². The maximum absolute atomic E-state index is 13.2. The molecule has 0 bridgehead atoms. The Morgan fingerprint density at radius 2 is 1.45 bits per heavy atom. The molecule has 0 atom stereocenters. The molecule has 0 saturated heterocycles. The van der Waals surface area contributed by atoms with Crippen molar-refractivity contribution in [1.82, 2.24) is 20.0 Å². The molecule has 0 unspecified atom stereocenters. The number of nitrogens with zero attached hydrogens (tertiary/aromatic N) is 4. The van der Waals surface area contributed by atoms with Gasteiger partial charge in [0.15, 0.2) is 5.76 Å². The number of aromatic nitrogens is 3. The lowest BCUT2D eigenvalue weighted by Crippen LogP contribution is -2.31. The van der Waals surface area contributed by atoms with E-state index >= 15 is 0 Å². The van der Waals surface area contributed by atoms with Crippen LogP contribution in [-0.4, -0.2) is 43.2 Å². The van der Waals surface area contributed by atoms with Crippen LogP contribution in [0.15, 0.2) is 83.8 Å². The maximum atomic E-state index is 13.2. The number of halogens is 4. The van der Waals surface area contributed by atoms with Crippen molar-refractivity contribution in [3.63, 3.8) is 0 Å². The highest BCUT2D eigenvalue weighted by atomic mass is 19.4. The van der Waals surface area contributed by atoms with Gasteiger partial charge in [-0.3, -0.25) is 14.8 Å². The van der Waals surface area contributed by atoms with Gasteiger partial charge in [-0.05, 0) is 55.0 Å². The first-order valence-electron chi connectivity index (χ1n) is 11.2. The molecule has 0 fully saturated rings. The van der Waals surface area contributed by atoms with Crippen LogP contribution in [0.2, 0.25) is 0 Å². The van der Waals surface area contributed by atoms with Gasteiger partial charge in [-0.25, -0.2) is 9.18 Å². The maximum Gasteiger partial charge on any atom is 0.490 e. The van der Waals surface area contributed by atoms with Crippen LogP contribution in [0.3, 0.4) is 0 Å². The molecular formula is C26H22F4N4O4. The van der Waals surface area contributed by atoms with Crippen LogP contribution < -0.4 is 0 Å². The first-order chi connectivity index (χ1) is 18.1. The largest absolute Gasteiger partial charge is 0.490 e. The summed E-state index contributed by atoms with van der Waals surface area (Å²) >= 11 is 0. The second-order valence-corrected chi connectivity index (χ2v) is 7.88. The number of carbonyl (C=O) groups is 2. The smallest absolute Gasteiger partial charge is 0.475 e. The zero-order valence-electron chi connectivity index (χ0n) is 19.8. The van der Waals surface area contributed by atoms with Crippen molar-refractivity contribution in [3.8, 4) is 11.3 Å². The van der Waals surface area contributed by atoms with Gasteiger partial charge >= 0.3 is 12.1 Å². The summed E-state index contributed by atoms with van der Waals surface area (Å²) in [5.41, 5.74) is 3.14. The second kappa shape index (κ2) is 13.1. The van der Waals surface area contributed by atoms with Gasteiger partial charge in [0.25, 0.3) is 0 Å². The predicted molar refractivity (Wildman–Crippen MR) is 127 cm³/mol. The third kappa shape index (κ3) is 8.50. The van der Waals surface area contributed by atoms with Crippen LogP contribution in [0.5, 0.6) is 0 Å². The van der Waals surface area contributed by atoms with E-state index in [2.05, 4.69) is 15.1 Å². The number of hydrogen-bond donors (Lipinski definition) is 1. The lowest BCUT2D eigenvalue weighted by molar-refractivity contribution is -0.192. The summed E-state index contributed by atoms with van der Waals surface area (Å²) in [5, 5.41) is 11.0. The van der Waals surface area contributed by atoms with Crippen molar-refractivity contribution in [2.75, 3.05) is 0 Å². The standard InChI is InChI=1S/C24H21FN4O2.C2HF3O2/c25-20-10-7-18(8-11-20)24-19(15-28-31-24)9-12-23(30)29(16-21-5-1-3-13-26-21)17-22-6-2-4-14-27-22;3-2(4,5)1(6)7/h1-8,10-11,13-15H,9,12,16-17H2;(H,6,7). The number of carboxylic acid groups (broad SMARTS) is 1. The highest BCUT2D eigenvalue weighted by Crippen LogP contribution is 2.25. The Balaban J connectivity index is 0.000000505. The summed E-state index contributed by atoms with van der Waals surface area (Å²) in [6.07, 6.45) is 0.675. The molecule has 38 heavy (non-hydrogen) atoms. The Labute approximate surface area is 214 Å². The number of benzene rings is 1. The van der Waals surface area contributed by atoms with Crippen molar-refractivity contribution in [2.24, 2.45) is 0 Å². The minimum Gasteiger partial charge on any atom is -0.475 e. The van der Waals surface area contributed by atoms with E-state index in [1.165, 1.54) is 12.1 Å². The van der Waals surface area contributed by atoms with Crippen LogP contribution in [0.4, 0.5) is 17.6 Å². The zero-order chi connectivity index (χ0) is 27.5. The fourth-order valence-corrected chi connectivity index (χ4v) is 3.28. The number of pyridine rings is 2. The molecule has 0 spiro atoms. The molecule has 0 saturated carbocycles. The third-order valence-corrected chi connectivity index (χ3v) is 5.11. The molecule has 8 nitrogen and oxygen atoms in total. The number of alkyl halides is 3. The van der Waals surface area contributed by atoms with E-state index in [9.17, 15) is 22.4 Å². The summed E-state index contributed by atoms with van der Waals surface area (Å²) in [6.45, 7) is 0.787. The SMILES string of the molecule is O=C(CCc1cnoc1-c1ccc(F)cc1)N(Cc1ccccn1)Cc1ccccn1.O=C(O)C(F)(F)F. The molecule has 3 heterocycles. The number of aryl methyl sites for hydroxylation is 1. The van der Waals surface area contributed by atoms with Crippen molar-refractivity contribution in [3.05, 3.63) is 102 Å². The average molecular weight is 530 g/mol. The van der Waals surface area contributed by atoms with Gasteiger partial charge in [0, 0.05) is 29.9 Å². The van der Waals surface area contributed by atoms with Gasteiger partial charge in [0.1, 0.15) is 5.82 Å². The highest BCUT2D eigenvalue weighted by molar-refractivity contribution is 5.77. The van der Waals surface area contributed by atoms with Crippen LogP contribution in [0.1, 0.15) is 23.4 Å². The fraction of sp³-hybridized carbons (Fsp3) is 0.192. The third-order valence-electron chi connectivity index (χ3n) is 5.11. The minimum atomic E-state index is -5.08. The number of aliphatic carboxylic acids is 1. The lowest BCUT2D eigenvalue weighted by Gasteiger charge is -2.22. The number of hydrogen-bond acceptors (Lipinski definition) is 6. The minimum absolute atomic E-state index is 0.0254. The Bertz CT molecular complexity index is 1270. The summed E-state index contributed by atoms with van der Waals surface area (Å²) in [4.78, 5) is 32.4. The van der Waals surface area contributed by atoms with E-state index in [0.29, 0.717) is 25.3 Å². The molecule has 0 aliphatic carbocycles. The summed E-state index contributed by atoms with van der Waals surface area (Å²) < 4.78 is 50.3. The highest BCUT2D eigenvalue weighted by Gasteiger charge is 2.38. The van der Waals surface area contributed by atoms with E-state index in [4.69, 9.17) is 14.4 Å². The fourth-order valence-electron chi connectivity index (χ4n) is 3.28. The van der Waals surface area contributed by atoms with Crippen molar-refractivity contribution >= 4 is 11.9 Å². The number of carbonyl (C=O) groups excluding carboxylic acids is 1. The molecule has 12 heteroatoms. The van der Waals surface area contributed by atoms with Gasteiger partial charge in [0.2, 0.25) is 5.91 Å². The quantitative estimate of drug-likeness (QED) is 0.317. The number of carboxylic acids is 1. The van der Waals surface area contributed by atoms with E-state index in [-0.39, 0.29) is 18.1 Å². The van der Waals surface area contributed by atoms with E-state index in [0.717, 1.165) is 22.5 Å². The molecule has 1 amide bonds. The monoisotopic (exact) mass is 530 g/mol. The lowest BCUT2D eigenvalue weighted by atomic mass is 10.0. The normalized spacial score (nSPS) is 10.8. The van der Waals surface area contributed by atoms with Gasteiger partial charge in [-0.15, -0.1) is 0 Å². The summed E-state index contributed by atoms with van der Waals surface area (Å²) in [6, 6.07) is 17.3. The van der Waals surface area contributed by atoms with Crippen molar-refractivity contribution < 1.29 is 36.8 Å². The number of amides is 1. The van der Waals surface area contributed by atoms with Gasteiger partial charge < -0.3 is 14.5 Å². The Kier molecular flexibility index (Phi) is 9.63. The summed E-state index contributed by atoms with van der Waals surface area (Å²) in [7, 11) is 0. The molecule has 3 aromatic heterocycles. The van der Waals surface area contributed by atoms with Gasteiger partial charge in [-0.2, -0.15) is 13.2 Å². The Hall–Kier alpha value is -4.61. The average Bonchev–Trinajstić information content (AvgIpc) is 3.37. The molecule has 0 aliphatic heterocycles. The molecule has 0 radical (unpaired) electrons. The van der Waals surface area contributed by atoms with E-state index in [1.54, 1.807) is 35.6 Å². The van der Waals surface area contributed by atoms with Crippen LogP contribution >= 0.6 is 0 Å². The first-order valence-corrected chi connectivity index (χ1v) is 11.2. The number of rotatable bonds is 8. The van der Waals surface area contributed by atoms with Gasteiger partial charge in [0.05, 0.1) is 30.7 Å².